The van der Waals surface area contributed by atoms with Crippen LogP contribution in [0.15, 0.2) is 0 Å². The molecule has 0 aliphatic rings. The van der Waals surface area contributed by atoms with Crippen LogP contribution in [0, 0.1) is 0 Å². The predicted molar refractivity (Wildman–Crippen MR) is 54.8 cm³/mol. The number of nitrogens with one attached hydrogen (secondary N) is 2. The third kappa shape index (κ3) is 4.23. The summed E-state index contributed by atoms with van der Waals surface area (Å²) in [5.74, 6) is -0.125. The van der Waals surface area contributed by atoms with Crippen LogP contribution in [0.1, 0.15) is 13.8 Å². The molecule has 0 saturated heterocycles. The second-order valence-corrected chi connectivity index (χ2v) is 3.12. The van der Waals surface area contributed by atoms with Gasteiger partial charge in [0.1, 0.15) is 0 Å². The van der Waals surface area contributed by atoms with E-state index < -0.39 is 0 Å². The summed E-state index contributed by atoms with van der Waals surface area (Å²) in [7, 11) is 3.30. The van der Waals surface area contributed by atoms with Crippen LogP contribution in [0.25, 0.3) is 0 Å². The lowest BCUT2D eigenvalue weighted by Gasteiger charge is -2.17. The quantitative estimate of drug-likeness (QED) is 0.611. The van der Waals surface area contributed by atoms with Crippen molar-refractivity contribution in [3.63, 3.8) is 0 Å². The normalized spacial score (nSPS) is 12.0. The summed E-state index contributed by atoms with van der Waals surface area (Å²) < 4.78 is 0. The van der Waals surface area contributed by atoms with E-state index in [1.165, 1.54) is 0 Å². The first-order chi connectivity index (χ1) is 6.52. The fraction of sp³-hybridized carbons (Fsp3) is 0.778. The minimum absolute atomic E-state index is 0.0109. The van der Waals surface area contributed by atoms with Gasteiger partial charge < -0.3 is 10.2 Å². The maximum Gasteiger partial charge on any atom is 0.236 e. The Morgan fingerprint density at radius 3 is 2.43 bits per heavy atom. The average Bonchev–Trinajstić information content (AvgIpc) is 2.22. The molecule has 5 heteroatoms. The molecule has 0 fully saturated rings. The van der Waals surface area contributed by atoms with Crippen molar-refractivity contribution >= 4 is 11.8 Å². The molecule has 2 N–H and O–H groups in total. The molecule has 0 radical (unpaired) electrons. The van der Waals surface area contributed by atoms with Gasteiger partial charge in [0.25, 0.3) is 0 Å². The molecule has 0 spiro atoms. The minimum Gasteiger partial charge on any atom is -0.358 e. The minimum atomic E-state index is -0.339. The van der Waals surface area contributed by atoms with Gasteiger partial charge in [-0.1, -0.05) is 0 Å². The van der Waals surface area contributed by atoms with E-state index in [0.29, 0.717) is 6.54 Å². The van der Waals surface area contributed by atoms with Gasteiger partial charge in [0, 0.05) is 20.6 Å². The van der Waals surface area contributed by atoms with E-state index in [9.17, 15) is 9.59 Å². The Labute approximate surface area is 84.8 Å². The van der Waals surface area contributed by atoms with E-state index in [4.69, 9.17) is 0 Å². The Balaban J connectivity index is 3.82. The summed E-state index contributed by atoms with van der Waals surface area (Å²) in [5.41, 5.74) is 0. The van der Waals surface area contributed by atoms with E-state index in [2.05, 4.69) is 10.6 Å². The van der Waals surface area contributed by atoms with Crippen LogP contribution in [0.5, 0.6) is 0 Å². The molecular weight excluding hydrogens is 182 g/mol. The first-order valence-corrected chi connectivity index (χ1v) is 4.71. The van der Waals surface area contributed by atoms with E-state index in [-0.39, 0.29) is 24.4 Å². The van der Waals surface area contributed by atoms with Gasteiger partial charge in [0.05, 0.1) is 12.6 Å². The molecule has 0 aromatic rings. The predicted octanol–water partition coefficient (Wildman–Crippen LogP) is -0.811. The maximum absolute atomic E-state index is 11.3. The second-order valence-electron chi connectivity index (χ2n) is 3.12. The molecule has 0 saturated carbocycles. The summed E-state index contributed by atoms with van der Waals surface area (Å²) in [6, 6.07) is -0.339. The molecule has 1 atom stereocenters. The molecule has 0 rings (SSSR count). The number of hydrogen-bond donors (Lipinski definition) is 2. The molecule has 0 bridgehead atoms. The molecule has 0 heterocycles. The van der Waals surface area contributed by atoms with Crippen molar-refractivity contribution in [3.05, 3.63) is 0 Å². The third-order valence-corrected chi connectivity index (χ3v) is 2.10. The van der Waals surface area contributed by atoms with Crippen molar-refractivity contribution in [2.24, 2.45) is 0 Å². The topological polar surface area (TPSA) is 61.4 Å². The highest BCUT2D eigenvalue weighted by molar-refractivity contribution is 5.83. The van der Waals surface area contributed by atoms with Gasteiger partial charge in [0.15, 0.2) is 0 Å². The molecule has 0 aromatic carbocycles. The molecule has 14 heavy (non-hydrogen) atoms. The van der Waals surface area contributed by atoms with E-state index >= 15 is 0 Å². The molecule has 5 nitrogen and oxygen atoms in total. The molecule has 82 valence electrons. The zero-order valence-corrected chi connectivity index (χ0v) is 9.26. The SMILES string of the molecule is CCN(C)C(=O)CNC(C)C(=O)NC. The zero-order chi connectivity index (χ0) is 11.1. The van der Waals surface area contributed by atoms with Crippen LogP contribution in [0.2, 0.25) is 0 Å². The molecule has 0 aromatic heterocycles. The Hall–Kier alpha value is -1.10. The molecule has 2 amide bonds. The number of amides is 2. The van der Waals surface area contributed by atoms with Gasteiger partial charge in [-0.15, -0.1) is 0 Å². The van der Waals surface area contributed by atoms with E-state index in [1.807, 2.05) is 6.92 Å². The average molecular weight is 201 g/mol. The first-order valence-electron chi connectivity index (χ1n) is 4.71. The second kappa shape index (κ2) is 6.37. The van der Waals surface area contributed by atoms with Crippen molar-refractivity contribution in [1.82, 2.24) is 15.5 Å². The number of rotatable bonds is 5. The van der Waals surface area contributed by atoms with Crippen LogP contribution < -0.4 is 10.6 Å². The van der Waals surface area contributed by atoms with Crippen LogP contribution in [0.4, 0.5) is 0 Å². The largest absolute Gasteiger partial charge is 0.358 e. The molecule has 1 unspecified atom stereocenters. The lowest BCUT2D eigenvalue weighted by atomic mass is 10.3. The van der Waals surface area contributed by atoms with Crippen molar-refractivity contribution in [2.45, 2.75) is 19.9 Å². The van der Waals surface area contributed by atoms with Gasteiger partial charge in [-0.3, -0.25) is 14.9 Å². The number of carbonyl (C=O) groups excluding carboxylic acids is 2. The van der Waals surface area contributed by atoms with E-state index in [1.54, 1.807) is 25.9 Å². The molecule has 0 aliphatic heterocycles. The summed E-state index contributed by atoms with van der Waals surface area (Å²) in [4.78, 5) is 24.0. The highest BCUT2D eigenvalue weighted by Gasteiger charge is 2.12. The van der Waals surface area contributed by atoms with Crippen LogP contribution in [-0.4, -0.2) is 49.9 Å². The number of likely N-dealkylation sites (N-methyl/N-ethyl adjacent to an activating group) is 2. The summed E-state index contributed by atoms with van der Waals surface area (Å²) in [6.45, 7) is 4.49. The molecule has 0 aliphatic carbocycles. The lowest BCUT2D eigenvalue weighted by molar-refractivity contribution is -0.129. The summed E-state index contributed by atoms with van der Waals surface area (Å²) in [6.07, 6.45) is 0. The van der Waals surface area contributed by atoms with E-state index in [0.717, 1.165) is 0 Å². The monoisotopic (exact) mass is 201 g/mol. The molecular formula is C9H19N3O2. The fourth-order valence-electron chi connectivity index (χ4n) is 0.861. The van der Waals surface area contributed by atoms with Crippen molar-refractivity contribution in [1.29, 1.82) is 0 Å². The zero-order valence-electron chi connectivity index (χ0n) is 9.26. The summed E-state index contributed by atoms with van der Waals surface area (Å²) in [5, 5.41) is 5.35. The van der Waals surface area contributed by atoms with Crippen LogP contribution in [-0.2, 0) is 9.59 Å². The van der Waals surface area contributed by atoms with Gasteiger partial charge in [-0.25, -0.2) is 0 Å². The van der Waals surface area contributed by atoms with Crippen LogP contribution >= 0.6 is 0 Å². The number of hydrogen-bond acceptors (Lipinski definition) is 3. The highest BCUT2D eigenvalue weighted by Crippen LogP contribution is 1.85. The Bertz CT molecular complexity index is 206. The van der Waals surface area contributed by atoms with Crippen LogP contribution in [0.3, 0.4) is 0 Å². The maximum atomic E-state index is 11.3. The van der Waals surface area contributed by atoms with Crippen molar-refractivity contribution in [3.8, 4) is 0 Å². The van der Waals surface area contributed by atoms with Crippen molar-refractivity contribution in [2.75, 3.05) is 27.2 Å². The number of carbonyl (C=O) groups is 2. The van der Waals surface area contributed by atoms with Gasteiger partial charge >= 0.3 is 0 Å². The Morgan fingerprint density at radius 2 is 2.00 bits per heavy atom. The van der Waals surface area contributed by atoms with Gasteiger partial charge in [-0.2, -0.15) is 0 Å². The first kappa shape index (κ1) is 12.9. The Kier molecular flexibility index (Phi) is 5.87. The Morgan fingerprint density at radius 1 is 1.43 bits per heavy atom. The smallest absolute Gasteiger partial charge is 0.236 e. The highest BCUT2D eigenvalue weighted by atomic mass is 16.2. The standard InChI is InChI=1S/C9H19N3O2/c1-5-12(4)8(13)6-11-7(2)9(14)10-3/h7,11H,5-6H2,1-4H3,(H,10,14). The fourth-order valence-corrected chi connectivity index (χ4v) is 0.861. The van der Waals surface area contributed by atoms with Gasteiger partial charge in [0.2, 0.25) is 11.8 Å². The summed E-state index contributed by atoms with van der Waals surface area (Å²) >= 11 is 0. The van der Waals surface area contributed by atoms with Crippen molar-refractivity contribution < 1.29 is 9.59 Å². The third-order valence-electron chi connectivity index (χ3n) is 2.10. The van der Waals surface area contributed by atoms with Gasteiger partial charge in [-0.05, 0) is 13.8 Å². The number of nitrogens with zero attached hydrogens (tertiary/aromatic N) is 1. The lowest BCUT2D eigenvalue weighted by Crippen LogP contribution is -2.45.